The third kappa shape index (κ3) is 9.02. The number of halogens is 6. The van der Waals surface area contributed by atoms with Gasteiger partial charge in [-0.25, -0.2) is 8.42 Å². The van der Waals surface area contributed by atoms with E-state index in [1.807, 2.05) is 0 Å². The molecule has 0 aromatic heterocycles. The predicted molar refractivity (Wildman–Crippen MR) is 182 cm³/mol. The van der Waals surface area contributed by atoms with Crippen LogP contribution in [0.15, 0.2) is 95.9 Å². The van der Waals surface area contributed by atoms with Crippen LogP contribution in [0.5, 0.6) is 0 Å². The SMILES string of the molecule is CCNC(=O)[C@@H](Cc1ccccc1)N(Cc1ccc(Cl)cc1Cl)C(=O)CN(c1ccc(Cl)c(C(F)(F)F)c1)S(=O)(=O)c1ccc(C)cc1. The molecular weight excluding hydrogens is 710 g/mol. The van der Waals surface area contributed by atoms with Crippen molar-refractivity contribution in [3.8, 4) is 0 Å². The van der Waals surface area contributed by atoms with E-state index in [1.165, 1.54) is 35.2 Å². The summed E-state index contributed by atoms with van der Waals surface area (Å²) in [6.45, 7) is 2.45. The maximum Gasteiger partial charge on any atom is 0.417 e. The number of likely N-dealkylation sites (N-methyl/N-ethyl adjacent to an activating group) is 1. The molecule has 0 aliphatic heterocycles. The van der Waals surface area contributed by atoms with Crippen molar-refractivity contribution < 1.29 is 31.2 Å². The van der Waals surface area contributed by atoms with Crippen molar-refractivity contribution in [2.75, 3.05) is 17.4 Å². The maximum absolute atomic E-state index is 14.5. The first-order valence-corrected chi connectivity index (χ1v) is 17.2. The summed E-state index contributed by atoms with van der Waals surface area (Å²) in [6, 6.07) is 20.5. The molecule has 0 unspecified atom stereocenters. The molecule has 254 valence electrons. The summed E-state index contributed by atoms with van der Waals surface area (Å²) in [7, 11) is -4.64. The van der Waals surface area contributed by atoms with Crippen LogP contribution in [0.3, 0.4) is 0 Å². The molecule has 1 N–H and O–H groups in total. The highest BCUT2D eigenvalue weighted by atomic mass is 35.5. The van der Waals surface area contributed by atoms with E-state index in [1.54, 1.807) is 56.3 Å². The van der Waals surface area contributed by atoms with Crippen LogP contribution in [0.2, 0.25) is 15.1 Å². The highest BCUT2D eigenvalue weighted by Crippen LogP contribution is 2.38. The molecule has 0 fully saturated rings. The lowest BCUT2D eigenvalue weighted by Crippen LogP contribution is -2.53. The number of benzene rings is 4. The average molecular weight is 741 g/mol. The van der Waals surface area contributed by atoms with Gasteiger partial charge in [0.1, 0.15) is 12.6 Å². The number of nitrogens with zero attached hydrogens (tertiary/aromatic N) is 2. The zero-order valence-electron chi connectivity index (χ0n) is 25.8. The van der Waals surface area contributed by atoms with Crippen LogP contribution in [0.25, 0.3) is 0 Å². The van der Waals surface area contributed by atoms with Crippen molar-refractivity contribution in [3.63, 3.8) is 0 Å². The fourth-order valence-corrected chi connectivity index (χ4v) is 7.03. The summed E-state index contributed by atoms with van der Waals surface area (Å²) in [5.74, 6) is -1.41. The Balaban J connectivity index is 1.88. The Bertz CT molecular complexity index is 1880. The third-order valence-corrected chi connectivity index (χ3v) is 10.1. The number of anilines is 1. The Morgan fingerprint density at radius 1 is 0.875 bits per heavy atom. The van der Waals surface area contributed by atoms with Crippen LogP contribution >= 0.6 is 34.8 Å². The minimum absolute atomic E-state index is 0.0352. The molecule has 0 heterocycles. The van der Waals surface area contributed by atoms with Gasteiger partial charge < -0.3 is 10.2 Å². The summed E-state index contributed by atoms with van der Waals surface area (Å²) >= 11 is 18.4. The molecule has 0 bridgehead atoms. The second-order valence-electron chi connectivity index (χ2n) is 10.8. The van der Waals surface area contributed by atoms with Crippen LogP contribution in [0.1, 0.15) is 29.2 Å². The van der Waals surface area contributed by atoms with Gasteiger partial charge in [-0.2, -0.15) is 13.2 Å². The summed E-state index contributed by atoms with van der Waals surface area (Å²) in [5, 5.41) is 2.59. The molecule has 7 nitrogen and oxygen atoms in total. The van der Waals surface area contributed by atoms with E-state index in [4.69, 9.17) is 34.8 Å². The van der Waals surface area contributed by atoms with E-state index in [-0.39, 0.29) is 29.4 Å². The molecule has 0 saturated heterocycles. The summed E-state index contributed by atoms with van der Waals surface area (Å²) in [5.41, 5.74) is 0.0927. The summed E-state index contributed by atoms with van der Waals surface area (Å²) < 4.78 is 70.6. The second-order valence-corrected chi connectivity index (χ2v) is 14.0. The third-order valence-electron chi connectivity index (χ3n) is 7.41. The zero-order valence-corrected chi connectivity index (χ0v) is 28.9. The minimum Gasteiger partial charge on any atom is -0.355 e. The average Bonchev–Trinajstić information content (AvgIpc) is 3.03. The number of rotatable bonds is 12. The van der Waals surface area contributed by atoms with Gasteiger partial charge in [-0.05, 0) is 67.4 Å². The van der Waals surface area contributed by atoms with Crippen LogP contribution in [-0.4, -0.2) is 44.3 Å². The molecule has 14 heteroatoms. The minimum atomic E-state index is -4.92. The molecule has 0 aliphatic carbocycles. The topological polar surface area (TPSA) is 86.8 Å². The normalized spacial score (nSPS) is 12.3. The zero-order chi connectivity index (χ0) is 35.2. The Kier molecular flexibility index (Phi) is 12.1. The monoisotopic (exact) mass is 739 g/mol. The number of carbonyl (C=O) groups is 2. The molecule has 0 spiro atoms. The first-order chi connectivity index (χ1) is 22.6. The molecule has 2 amide bonds. The van der Waals surface area contributed by atoms with Gasteiger partial charge in [-0.15, -0.1) is 0 Å². The molecule has 4 aromatic rings. The number of alkyl halides is 3. The van der Waals surface area contributed by atoms with Crippen molar-refractivity contribution >= 4 is 62.3 Å². The van der Waals surface area contributed by atoms with Crippen LogP contribution < -0.4 is 9.62 Å². The van der Waals surface area contributed by atoms with Gasteiger partial charge in [0.15, 0.2) is 0 Å². The van der Waals surface area contributed by atoms with Crippen molar-refractivity contribution in [2.45, 2.75) is 43.9 Å². The Hall–Kier alpha value is -3.77. The van der Waals surface area contributed by atoms with E-state index >= 15 is 0 Å². The smallest absolute Gasteiger partial charge is 0.355 e. The van der Waals surface area contributed by atoms with Gasteiger partial charge in [0, 0.05) is 29.6 Å². The molecule has 0 saturated carbocycles. The lowest BCUT2D eigenvalue weighted by Gasteiger charge is -2.34. The highest BCUT2D eigenvalue weighted by Gasteiger charge is 2.37. The number of amides is 2. The van der Waals surface area contributed by atoms with Crippen molar-refractivity contribution in [1.82, 2.24) is 10.2 Å². The molecular formula is C34H31Cl3F3N3O4S. The predicted octanol–water partition coefficient (Wildman–Crippen LogP) is 7.95. The molecule has 48 heavy (non-hydrogen) atoms. The molecule has 4 aromatic carbocycles. The summed E-state index contributed by atoms with van der Waals surface area (Å²) in [6.07, 6.45) is -4.89. The Labute approximate surface area is 292 Å². The summed E-state index contributed by atoms with van der Waals surface area (Å²) in [4.78, 5) is 29.0. The maximum atomic E-state index is 14.5. The first kappa shape index (κ1) is 37.1. The van der Waals surface area contributed by atoms with Gasteiger partial charge >= 0.3 is 6.18 Å². The van der Waals surface area contributed by atoms with Gasteiger partial charge in [-0.1, -0.05) is 88.9 Å². The number of nitrogens with one attached hydrogen (secondary N) is 1. The molecule has 1 atom stereocenters. The first-order valence-electron chi connectivity index (χ1n) is 14.6. The number of hydrogen-bond donors (Lipinski definition) is 1. The number of aryl methyl sites for hydroxylation is 1. The fraction of sp³-hybridized carbons (Fsp3) is 0.235. The van der Waals surface area contributed by atoms with Crippen molar-refractivity contribution in [3.05, 3.63) is 128 Å². The van der Waals surface area contributed by atoms with Gasteiger partial charge in [-0.3, -0.25) is 13.9 Å². The molecule has 0 radical (unpaired) electrons. The Morgan fingerprint density at radius 3 is 2.15 bits per heavy atom. The lowest BCUT2D eigenvalue weighted by molar-refractivity contribution is -0.140. The number of sulfonamides is 1. The van der Waals surface area contributed by atoms with Crippen molar-refractivity contribution in [2.24, 2.45) is 0 Å². The van der Waals surface area contributed by atoms with Crippen molar-refractivity contribution in [1.29, 1.82) is 0 Å². The quantitative estimate of drug-likeness (QED) is 0.160. The van der Waals surface area contributed by atoms with E-state index < -0.39 is 56.9 Å². The molecule has 0 aliphatic rings. The fourth-order valence-electron chi connectivity index (χ4n) is 4.93. The van der Waals surface area contributed by atoms with E-state index in [9.17, 15) is 31.2 Å². The number of hydrogen-bond acceptors (Lipinski definition) is 4. The largest absolute Gasteiger partial charge is 0.417 e. The molecule has 4 rings (SSSR count). The van der Waals surface area contributed by atoms with E-state index in [2.05, 4.69) is 5.32 Å². The van der Waals surface area contributed by atoms with Crippen LogP contribution in [0.4, 0.5) is 18.9 Å². The standard InChI is InChI=1S/C34H31Cl3F3N3O4S/c1-3-41-33(45)31(17-23-7-5-4-6-8-23)42(20-24-11-12-25(35)18-30(24)37)32(44)21-43(48(46,47)27-14-9-22(2)10-15-27)26-13-16-29(36)28(19-26)34(38,39)40/h4-16,18-19,31H,3,17,20-21H2,1-2H3,(H,41,45)/t31-/m1/s1. The van der Waals surface area contributed by atoms with E-state index in [0.717, 1.165) is 17.7 Å². The number of carbonyl (C=O) groups excluding carboxylic acids is 2. The second kappa shape index (κ2) is 15.6. The van der Waals surface area contributed by atoms with Crippen LogP contribution in [-0.2, 0) is 38.8 Å². The Morgan fingerprint density at radius 2 is 1.54 bits per heavy atom. The highest BCUT2D eigenvalue weighted by molar-refractivity contribution is 7.92. The van der Waals surface area contributed by atoms with E-state index in [0.29, 0.717) is 26.5 Å². The van der Waals surface area contributed by atoms with Gasteiger partial charge in [0.05, 0.1) is 21.2 Å². The lowest BCUT2D eigenvalue weighted by atomic mass is 10.0. The van der Waals surface area contributed by atoms with Crippen LogP contribution in [0, 0.1) is 6.92 Å². The van der Waals surface area contributed by atoms with Gasteiger partial charge in [0.2, 0.25) is 11.8 Å². The van der Waals surface area contributed by atoms with Gasteiger partial charge in [0.25, 0.3) is 10.0 Å².